The highest BCUT2D eigenvalue weighted by Crippen LogP contribution is 2.22. The number of hydrogen-bond donors (Lipinski definition) is 1. The third-order valence-corrected chi connectivity index (χ3v) is 3.77. The van der Waals surface area contributed by atoms with Crippen LogP contribution in [0.3, 0.4) is 0 Å². The lowest BCUT2D eigenvalue weighted by molar-refractivity contribution is 0.574. The molecule has 0 bridgehead atoms. The predicted molar refractivity (Wildman–Crippen MR) is 80.8 cm³/mol. The summed E-state index contributed by atoms with van der Waals surface area (Å²) in [6.07, 6.45) is 0. The summed E-state index contributed by atoms with van der Waals surface area (Å²) < 4.78 is 1.05. The first-order valence-corrected chi connectivity index (χ1v) is 7.06. The van der Waals surface area contributed by atoms with Gasteiger partial charge >= 0.3 is 0 Å². The minimum absolute atomic E-state index is 0.307. The molecule has 1 N–H and O–H groups in total. The van der Waals surface area contributed by atoms with Crippen LogP contribution in [0, 0.1) is 0 Å². The lowest BCUT2D eigenvalue weighted by atomic mass is 10.1. The molecule has 0 radical (unpaired) electrons. The molecule has 0 fully saturated rings. The van der Waals surface area contributed by atoms with Crippen molar-refractivity contribution < 1.29 is 0 Å². The Bertz CT molecular complexity index is 513. The largest absolute Gasteiger partial charge is 0.306 e. The van der Waals surface area contributed by atoms with Crippen molar-refractivity contribution in [3.05, 3.63) is 69.2 Å². The molecule has 18 heavy (non-hydrogen) atoms. The van der Waals surface area contributed by atoms with Gasteiger partial charge < -0.3 is 5.32 Å². The van der Waals surface area contributed by atoms with Crippen LogP contribution in [-0.2, 0) is 6.54 Å². The van der Waals surface area contributed by atoms with Gasteiger partial charge in [0.2, 0.25) is 0 Å². The van der Waals surface area contributed by atoms with Gasteiger partial charge in [-0.1, -0.05) is 57.9 Å². The first kappa shape index (κ1) is 13.6. The summed E-state index contributed by atoms with van der Waals surface area (Å²) in [6.45, 7) is 2.91. The number of benzene rings is 2. The molecular weight excluding hydrogens is 310 g/mol. The first-order chi connectivity index (χ1) is 8.66. The smallest absolute Gasteiger partial charge is 0.0451 e. The molecule has 0 aromatic heterocycles. The SMILES string of the molecule is CC(NCc1cc(Br)ccc1Cl)c1ccccc1. The average molecular weight is 325 g/mol. The molecule has 0 saturated heterocycles. The average Bonchev–Trinajstić information content (AvgIpc) is 2.40. The van der Waals surface area contributed by atoms with Crippen LogP contribution < -0.4 is 5.32 Å². The van der Waals surface area contributed by atoms with E-state index < -0.39 is 0 Å². The van der Waals surface area contributed by atoms with E-state index in [0.717, 1.165) is 21.6 Å². The molecule has 2 aromatic rings. The summed E-state index contributed by atoms with van der Waals surface area (Å²) in [7, 11) is 0. The van der Waals surface area contributed by atoms with Crippen LogP contribution in [0.15, 0.2) is 53.0 Å². The van der Waals surface area contributed by atoms with Gasteiger partial charge in [-0.2, -0.15) is 0 Å². The third-order valence-electron chi connectivity index (χ3n) is 2.91. The fourth-order valence-corrected chi connectivity index (χ4v) is 2.39. The van der Waals surface area contributed by atoms with Crippen LogP contribution in [0.5, 0.6) is 0 Å². The quantitative estimate of drug-likeness (QED) is 0.838. The van der Waals surface area contributed by atoms with Gasteiger partial charge in [0.25, 0.3) is 0 Å². The highest BCUT2D eigenvalue weighted by Gasteiger charge is 2.06. The first-order valence-electron chi connectivity index (χ1n) is 5.89. The molecule has 3 heteroatoms. The van der Waals surface area contributed by atoms with E-state index in [1.807, 2.05) is 24.3 Å². The molecular formula is C15H15BrClN. The maximum atomic E-state index is 6.16. The van der Waals surface area contributed by atoms with E-state index in [1.54, 1.807) is 0 Å². The number of nitrogens with one attached hydrogen (secondary N) is 1. The highest BCUT2D eigenvalue weighted by molar-refractivity contribution is 9.10. The van der Waals surface area contributed by atoms with Crippen molar-refractivity contribution in [1.29, 1.82) is 0 Å². The Balaban J connectivity index is 2.01. The van der Waals surface area contributed by atoms with Gasteiger partial charge in [0.05, 0.1) is 0 Å². The van der Waals surface area contributed by atoms with Crippen molar-refractivity contribution in [2.45, 2.75) is 19.5 Å². The Labute approximate surface area is 121 Å². The normalized spacial score (nSPS) is 12.4. The maximum absolute atomic E-state index is 6.16. The molecule has 0 aliphatic heterocycles. The molecule has 1 atom stereocenters. The molecule has 0 amide bonds. The van der Waals surface area contributed by atoms with Crippen molar-refractivity contribution in [2.24, 2.45) is 0 Å². The standard InChI is InChI=1S/C15H15BrClN/c1-11(12-5-3-2-4-6-12)18-10-13-9-14(16)7-8-15(13)17/h2-9,11,18H,10H2,1H3. The Kier molecular flexibility index (Phi) is 4.81. The zero-order chi connectivity index (χ0) is 13.0. The van der Waals surface area contributed by atoms with E-state index in [4.69, 9.17) is 11.6 Å². The van der Waals surface area contributed by atoms with E-state index >= 15 is 0 Å². The van der Waals surface area contributed by atoms with Gasteiger partial charge in [-0.15, -0.1) is 0 Å². The second kappa shape index (κ2) is 6.37. The van der Waals surface area contributed by atoms with Crippen molar-refractivity contribution in [3.8, 4) is 0 Å². The van der Waals surface area contributed by atoms with E-state index in [-0.39, 0.29) is 0 Å². The van der Waals surface area contributed by atoms with Crippen molar-refractivity contribution in [2.75, 3.05) is 0 Å². The lowest BCUT2D eigenvalue weighted by Crippen LogP contribution is -2.18. The molecule has 2 rings (SSSR count). The Hall–Kier alpha value is -0.830. The van der Waals surface area contributed by atoms with Crippen molar-refractivity contribution >= 4 is 27.5 Å². The van der Waals surface area contributed by atoms with Gasteiger partial charge in [-0.3, -0.25) is 0 Å². The summed E-state index contributed by atoms with van der Waals surface area (Å²) in [5, 5.41) is 4.28. The monoisotopic (exact) mass is 323 g/mol. The Morgan fingerprint density at radius 1 is 1.17 bits per heavy atom. The minimum Gasteiger partial charge on any atom is -0.306 e. The fraction of sp³-hybridized carbons (Fsp3) is 0.200. The summed E-state index contributed by atoms with van der Waals surface area (Å²) in [4.78, 5) is 0. The summed E-state index contributed by atoms with van der Waals surface area (Å²) in [6, 6.07) is 16.6. The summed E-state index contributed by atoms with van der Waals surface area (Å²) in [5.74, 6) is 0. The van der Waals surface area contributed by atoms with E-state index in [9.17, 15) is 0 Å². The lowest BCUT2D eigenvalue weighted by Gasteiger charge is -2.15. The summed E-state index contributed by atoms with van der Waals surface area (Å²) >= 11 is 9.63. The molecule has 0 aliphatic carbocycles. The number of halogens is 2. The van der Waals surface area contributed by atoms with Crippen LogP contribution in [0.2, 0.25) is 5.02 Å². The van der Waals surface area contributed by atoms with Crippen LogP contribution >= 0.6 is 27.5 Å². The minimum atomic E-state index is 0.307. The molecule has 2 aromatic carbocycles. The van der Waals surface area contributed by atoms with Gasteiger partial charge in [0.1, 0.15) is 0 Å². The fourth-order valence-electron chi connectivity index (χ4n) is 1.80. The Morgan fingerprint density at radius 3 is 2.61 bits per heavy atom. The third kappa shape index (κ3) is 3.58. The van der Waals surface area contributed by atoms with Gasteiger partial charge in [-0.05, 0) is 36.2 Å². The van der Waals surface area contributed by atoms with E-state index in [1.165, 1.54) is 5.56 Å². The van der Waals surface area contributed by atoms with E-state index in [0.29, 0.717) is 6.04 Å². The van der Waals surface area contributed by atoms with Crippen molar-refractivity contribution in [1.82, 2.24) is 5.32 Å². The second-order valence-corrected chi connectivity index (χ2v) is 5.57. The van der Waals surface area contributed by atoms with Gasteiger partial charge in [0.15, 0.2) is 0 Å². The van der Waals surface area contributed by atoms with Crippen LogP contribution in [0.25, 0.3) is 0 Å². The molecule has 0 heterocycles. The molecule has 1 nitrogen and oxygen atoms in total. The predicted octanol–water partition coefficient (Wildman–Crippen LogP) is 4.95. The zero-order valence-corrected chi connectivity index (χ0v) is 12.5. The van der Waals surface area contributed by atoms with Gasteiger partial charge in [0, 0.05) is 22.1 Å². The number of hydrogen-bond acceptors (Lipinski definition) is 1. The second-order valence-electron chi connectivity index (χ2n) is 4.25. The molecule has 0 spiro atoms. The van der Waals surface area contributed by atoms with Crippen LogP contribution in [-0.4, -0.2) is 0 Å². The summed E-state index contributed by atoms with van der Waals surface area (Å²) in [5.41, 5.74) is 2.39. The van der Waals surface area contributed by atoms with Crippen molar-refractivity contribution in [3.63, 3.8) is 0 Å². The molecule has 0 aliphatic rings. The zero-order valence-electron chi connectivity index (χ0n) is 10.2. The molecule has 94 valence electrons. The number of rotatable bonds is 4. The van der Waals surface area contributed by atoms with Crippen LogP contribution in [0.1, 0.15) is 24.1 Å². The molecule has 0 saturated carbocycles. The van der Waals surface area contributed by atoms with E-state index in [2.05, 4.69) is 52.4 Å². The molecule has 1 unspecified atom stereocenters. The van der Waals surface area contributed by atoms with Gasteiger partial charge in [-0.25, -0.2) is 0 Å². The van der Waals surface area contributed by atoms with Crippen LogP contribution in [0.4, 0.5) is 0 Å². The maximum Gasteiger partial charge on any atom is 0.0451 e. The highest BCUT2D eigenvalue weighted by atomic mass is 79.9. The Morgan fingerprint density at radius 2 is 1.89 bits per heavy atom. The topological polar surface area (TPSA) is 12.0 Å².